The Morgan fingerprint density at radius 3 is 2.89 bits per heavy atom. The van der Waals surface area contributed by atoms with Gasteiger partial charge in [0, 0.05) is 24.5 Å². The predicted octanol–water partition coefficient (Wildman–Crippen LogP) is 2.01. The van der Waals surface area contributed by atoms with Gasteiger partial charge >= 0.3 is 5.97 Å². The molecule has 0 fully saturated rings. The third-order valence-corrected chi connectivity index (χ3v) is 2.97. The highest BCUT2D eigenvalue weighted by Gasteiger charge is 2.13. The van der Waals surface area contributed by atoms with Gasteiger partial charge in [0.25, 0.3) is 5.91 Å². The second-order valence-electron chi connectivity index (χ2n) is 4.66. The smallest absolute Gasteiger partial charge is 0.303 e. The minimum Gasteiger partial charge on any atom is -0.481 e. The molecule has 100 valence electrons. The first kappa shape index (κ1) is 13.1. The Labute approximate surface area is 110 Å². The van der Waals surface area contributed by atoms with E-state index in [4.69, 9.17) is 5.11 Å². The number of carboxylic acids is 1. The van der Waals surface area contributed by atoms with E-state index in [2.05, 4.69) is 10.3 Å². The van der Waals surface area contributed by atoms with Gasteiger partial charge in [-0.05, 0) is 18.1 Å². The van der Waals surface area contributed by atoms with Crippen molar-refractivity contribution in [1.29, 1.82) is 0 Å². The van der Waals surface area contributed by atoms with E-state index in [-0.39, 0.29) is 18.2 Å². The molecule has 1 unspecified atom stereocenters. The number of carboxylic acid groups (broad SMARTS) is 1. The molecule has 3 N–H and O–H groups in total. The summed E-state index contributed by atoms with van der Waals surface area (Å²) in [6.45, 7) is 2.14. The zero-order valence-corrected chi connectivity index (χ0v) is 10.6. The van der Waals surface area contributed by atoms with Gasteiger partial charge in [-0.3, -0.25) is 9.59 Å². The first-order valence-corrected chi connectivity index (χ1v) is 6.14. The molecular formula is C14H16N2O3. The van der Waals surface area contributed by atoms with Gasteiger partial charge in [-0.1, -0.05) is 19.1 Å². The average Bonchev–Trinajstić information content (AvgIpc) is 2.83. The Hall–Kier alpha value is -2.30. The molecule has 1 heterocycles. The molecule has 2 rings (SSSR count). The lowest BCUT2D eigenvalue weighted by atomic mass is 10.1. The number of fused-ring (bicyclic) bond motifs is 1. The maximum absolute atomic E-state index is 12.1. The van der Waals surface area contributed by atoms with Gasteiger partial charge in [-0.2, -0.15) is 0 Å². The van der Waals surface area contributed by atoms with Gasteiger partial charge in [-0.25, -0.2) is 0 Å². The second kappa shape index (κ2) is 5.56. The number of aromatic amines is 1. The van der Waals surface area contributed by atoms with Gasteiger partial charge in [-0.15, -0.1) is 0 Å². The summed E-state index contributed by atoms with van der Waals surface area (Å²) in [5.74, 6) is -1.14. The molecular weight excluding hydrogens is 244 g/mol. The lowest BCUT2D eigenvalue weighted by Gasteiger charge is -2.10. The van der Waals surface area contributed by atoms with Crippen LogP contribution in [0.5, 0.6) is 0 Å². The number of aromatic nitrogens is 1. The zero-order valence-electron chi connectivity index (χ0n) is 10.6. The topological polar surface area (TPSA) is 82.2 Å². The molecule has 0 bridgehead atoms. The van der Waals surface area contributed by atoms with E-state index in [9.17, 15) is 9.59 Å². The molecule has 0 aliphatic carbocycles. The fourth-order valence-electron chi connectivity index (χ4n) is 2.01. The maximum atomic E-state index is 12.1. The standard InChI is InChI=1S/C14H16N2O3/c1-9(7-12(17)18)8-16-14(19)11-4-2-3-10-5-6-15-13(10)11/h2-6,9,15H,7-8H2,1H3,(H,16,19)(H,17,18). The quantitative estimate of drug-likeness (QED) is 0.769. The number of benzene rings is 1. The van der Waals surface area contributed by atoms with Crippen molar-refractivity contribution in [3.05, 3.63) is 36.0 Å². The van der Waals surface area contributed by atoms with Crippen molar-refractivity contribution in [2.75, 3.05) is 6.54 Å². The van der Waals surface area contributed by atoms with Gasteiger partial charge < -0.3 is 15.4 Å². The van der Waals surface area contributed by atoms with E-state index < -0.39 is 5.97 Å². The van der Waals surface area contributed by atoms with Crippen LogP contribution in [-0.4, -0.2) is 28.5 Å². The molecule has 1 aromatic carbocycles. The molecule has 0 aliphatic heterocycles. The fourth-order valence-corrected chi connectivity index (χ4v) is 2.01. The highest BCUT2D eigenvalue weighted by molar-refractivity contribution is 6.05. The van der Waals surface area contributed by atoms with Crippen LogP contribution < -0.4 is 5.32 Å². The SMILES string of the molecule is CC(CNC(=O)c1cccc2cc[nH]c12)CC(=O)O. The summed E-state index contributed by atoms with van der Waals surface area (Å²) in [6.07, 6.45) is 1.83. The first-order valence-electron chi connectivity index (χ1n) is 6.14. The molecule has 1 aromatic heterocycles. The Bertz CT molecular complexity index is 604. The molecule has 0 radical (unpaired) electrons. The van der Waals surface area contributed by atoms with Crippen LogP contribution in [0.2, 0.25) is 0 Å². The van der Waals surface area contributed by atoms with E-state index in [1.54, 1.807) is 19.2 Å². The second-order valence-corrected chi connectivity index (χ2v) is 4.66. The van der Waals surface area contributed by atoms with E-state index in [0.717, 1.165) is 10.9 Å². The summed E-state index contributed by atoms with van der Waals surface area (Å²) in [5.41, 5.74) is 1.37. The fraction of sp³-hybridized carbons (Fsp3) is 0.286. The van der Waals surface area contributed by atoms with Crippen molar-refractivity contribution >= 4 is 22.8 Å². The largest absolute Gasteiger partial charge is 0.481 e. The molecule has 1 amide bonds. The van der Waals surface area contributed by atoms with Crippen LogP contribution >= 0.6 is 0 Å². The first-order chi connectivity index (χ1) is 9.08. The van der Waals surface area contributed by atoms with E-state index in [1.165, 1.54) is 0 Å². The predicted molar refractivity (Wildman–Crippen MR) is 72.0 cm³/mol. The lowest BCUT2D eigenvalue weighted by molar-refractivity contribution is -0.137. The number of para-hydroxylation sites is 1. The van der Waals surface area contributed by atoms with Crippen LogP contribution in [0.1, 0.15) is 23.7 Å². The third kappa shape index (κ3) is 3.13. The summed E-state index contributed by atoms with van der Waals surface area (Å²) in [7, 11) is 0. The molecule has 2 aromatic rings. The van der Waals surface area contributed by atoms with Gasteiger partial charge in [0.15, 0.2) is 0 Å². The van der Waals surface area contributed by atoms with E-state index in [1.807, 2.05) is 18.2 Å². The summed E-state index contributed by atoms with van der Waals surface area (Å²) in [6, 6.07) is 7.40. The molecule has 5 nitrogen and oxygen atoms in total. The Balaban J connectivity index is 2.04. The summed E-state index contributed by atoms with van der Waals surface area (Å²) < 4.78 is 0. The van der Waals surface area contributed by atoms with Crippen molar-refractivity contribution in [1.82, 2.24) is 10.3 Å². The van der Waals surface area contributed by atoms with Gasteiger partial charge in [0.05, 0.1) is 11.1 Å². The minimum absolute atomic E-state index is 0.0486. The van der Waals surface area contributed by atoms with Crippen molar-refractivity contribution < 1.29 is 14.7 Å². The highest BCUT2D eigenvalue weighted by Crippen LogP contribution is 2.16. The van der Waals surface area contributed by atoms with Crippen LogP contribution in [0.4, 0.5) is 0 Å². The summed E-state index contributed by atoms with van der Waals surface area (Å²) >= 11 is 0. The van der Waals surface area contributed by atoms with Crippen LogP contribution in [0.25, 0.3) is 10.9 Å². The van der Waals surface area contributed by atoms with Crippen LogP contribution in [0.15, 0.2) is 30.5 Å². The van der Waals surface area contributed by atoms with Crippen LogP contribution in [-0.2, 0) is 4.79 Å². The molecule has 19 heavy (non-hydrogen) atoms. The summed E-state index contributed by atoms with van der Waals surface area (Å²) in [5, 5.41) is 12.4. The number of hydrogen-bond donors (Lipinski definition) is 3. The number of H-pyrrole nitrogens is 1. The minimum atomic E-state index is -0.854. The number of carbonyl (C=O) groups is 2. The van der Waals surface area contributed by atoms with Crippen molar-refractivity contribution in [3.63, 3.8) is 0 Å². The van der Waals surface area contributed by atoms with Crippen molar-refractivity contribution in [2.45, 2.75) is 13.3 Å². The molecule has 0 saturated carbocycles. The average molecular weight is 260 g/mol. The van der Waals surface area contributed by atoms with Gasteiger partial charge in [0.1, 0.15) is 0 Å². The normalized spacial score (nSPS) is 12.3. The van der Waals surface area contributed by atoms with Gasteiger partial charge in [0.2, 0.25) is 0 Å². The van der Waals surface area contributed by atoms with E-state index in [0.29, 0.717) is 12.1 Å². The Morgan fingerprint density at radius 1 is 1.37 bits per heavy atom. The highest BCUT2D eigenvalue weighted by atomic mass is 16.4. The summed E-state index contributed by atoms with van der Waals surface area (Å²) in [4.78, 5) is 25.6. The Kier molecular flexibility index (Phi) is 3.85. The maximum Gasteiger partial charge on any atom is 0.303 e. The molecule has 0 aliphatic rings. The molecule has 0 saturated heterocycles. The third-order valence-electron chi connectivity index (χ3n) is 2.97. The Morgan fingerprint density at radius 2 is 2.16 bits per heavy atom. The number of amides is 1. The lowest BCUT2D eigenvalue weighted by Crippen LogP contribution is -2.29. The zero-order chi connectivity index (χ0) is 13.8. The van der Waals surface area contributed by atoms with Crippen LogP contribution in [0, 0.1) is 5.92 Å². The molecule has 1 atom stereocenters. The number of rotatable bonds is 5. The monoisotopic (exact) mass is 260 g/mol. The number of nitrogens with one attached hydrogen (secondary N) is 2. The number of hydrogen-bond acceptors (Lipinski definition) is 2. The van der Waals surface area contributed by atoms with Crippen LogP contribution in [0.3, 0.4) is 0 Å². The van der Waals surface area contributed by atoms with Crippen molar-refractivity contribution in [2.24, 2.45) is 5.92 Å². The number of carbonyl (C=O) groups excluding carboxylic acids is 1. The molecule has 0 spiro atoms. The number of aliphatic carboxylic acids is 1. The van der Waals surface area contributed by atoms with E-state index >= 15 is 0 Å². The van der Waals surface area contributed by atoms with Crippen molar-refractivity contribution in [3.8, 4) is 0 Å². The molecule has 5 heteroatoms.